The molecule has 26 heavy (non-hydrogen) atoms. The highest BCUT2D eigenvalue weighted by atomic mass is 16.5. The quantitative estimate of drug-likeness (QED) is 0.829. The molecule has 1 aromatic carbocycles. The molecule has 1 aliphatic rings. The lowest BCUT2D eigenvalue weighted by atomic mass is 10.00. The first kappa shape index (κ1) is 18.0. The zero-order valence-corrected chi connectivity index (χ0v) is 15.2. The van der Waals surface area contributed by atoms with Crippen molar-refractivity contribution in [2.45, 2.75) is 33.2 Å². The van der Waals surface area contributed by atoms with Gasteiger partial charge >= 0.3 is 0 Å². The fourth-order valence-corrected chi connectivity index (χ4v) is 3.02. The van der Waals surface area contributed by atoms with Gasteiger partial charge in [-0.2, -0.15) is 0 Å². The van der Waals surface area contributed by atoms with Gasteiger partial charge in [-0.25, -0.2) is 0 Å². The van der Waals surface area contributed by atoms with E-state index >= 15 is 0 Å². The van der Waals surface area contributed by atoms with Gasteiger partial charge in [-0.15, -0.1) is 0 Å². The predicted octanol–water partition coefficient (Wildman–Crippen LogP) is 2.38. The number of aromatic nitrogens is 1. The number of carbonyl (C=O) groups excluding carboxylic acids is 2. The van der Waals surface area contributed by atoms with Crippen molar-refractivity contribution in [2.75, 3.05) is 13.6 Å². The first-order valence-corrected chi connectivity index (χ1v) is 8.55. The first-order chi connectivity index (χ1) is 12.4. The van der Waals surface area contributed by atoms with E-state index < -0.39 is 5.91 Å². The highest BCUT2D eigenvalue weighted by Crippen LogP contribution is 2.32. The molecule has 0 unspecified atom stereocenters. The molecule has 3 rings (SSSR count). The number of aromatic amines is 1. The molecule has 0 saturated heterocycles. The van der Waals surface area contributed by atoms with Gasteiger partial charge in [0.25, 0.3) is 11.8 Å². The number of benzene rings is 1. The first-order valence-electron chi connectivity index (χ1n) is 8.55. The summed E-state index contributed by atoms with van der Waals surface area (Å²) in [5.41, 5.74) is 8.98. The average Bonchev–Trinajstić information content (AvgIpc) is 3.26. The fraction of sp³-hybridized carbons (Fsp3) is 0.368. The standard InChI is InChI=1S/C19H23N3O4/c1-4-22(3)19(24)17-16(8-15(21-17)18(20)23)26-11(2)13-7-5-6-12-9-25-10-14(12)13/h5-8,11,21H,4,9-10H2,1-3H3,(H2,20,23)/t11-/m1/s1. The Balaban J connectivity index is 1.93. The summed E-state index contributed by atoms with van der Waals surface area (Å²) >= 11 is 0. The van der Waals surface area contributed by atoms with Crippen molar-refractivity contribution in [3.05, 3.63) is 52.3 Å². The van der Waals surface area contributed by atoms with Gasteiger partial charge in [0.15, 0.2) is 5.75 Å². The Bertz CT molecular complexity index is 843. The fourth-order valence-electron chi connectivity index (χ4n) is 3.02. The lowest BCUT2D eigenvalue weighted by molar-refractivity contribution is 0.0790. The summed E-state index contributed by atoms with van der Waals surface area (Å²) in [6.45, 7) is 5.44. The molecular weight excluding hydrogens is 334 g/mol. The summed E-state index contributed by atoms with van der Waals surface area (Å²) in [7, 11) is 1.68. The highest BCUT2D eigenvalue weighted by Gasteiger charge is 2.25. The van der Waals surface area contributed by atoms with E-state index in [4.69, 9.17) is 15.2 Å². The Hall–Kier alpha value is -2.80. The maximum atomic E-state index is 12.6. The van der Waals surface area contributed by atoms with Crippen molar-refractivity contribution < 1.29 is 19.1 Å². The minimum Gasteiger partial charge on any atom is -0.484 e. The van der Waals surface area contributed by atoms with Crippen LogP contribution >= 0.6 is 0 Å². The predicted molar refractivity (Wildman–Crippen MR) is 95.9 cm³/mol. The summed E-state index contributed by atoms with van der Waals surface area (Å²) in [6, 6.07) is 7.46. The van der Waals surface area contributed by atoms with Gasteiger partial charge in [0.1, 0.15) is 17.5 Å². The van der Waals surface area contributed by atoms with E-state index in [1.165, 1.54) is 11.0 Å². The lowest BCUT2D eigenvalue weighted by Crippen LogP contribution is -2.27. The van der Waals surface area contributed by atoms with Gasteiger partial charge in [-0.3, -0.25) is 9.59 Å². The molecule has 7 heteroatoms. The number of carbonyl (C=O) groups is 2. The Morgan fingerprint density at radius 2 is 2.15 bits per heavy atom. The molecule has 138 valence electrons. The summed E-state index contributed by atoms with van der Waals surface area (Å²) in [5.74, 6) is -0.591. The number of nitrogens with zero attached hydrogens (tertiary/aromatic N) is 1. The number of nitrogens with two attached hydrogens (primary N) is 1. The summed E-state index contributed by atoms with van der Waals surface area (Å²) in [4.78, 5) is 28.4. The number of amides is 2. The van der Waals surface area contributed by atoms with E-state index in [1.807, 2.05) is 32.0 Å². The molecule has 0 spiro atoms. The SMILES string of the molecule is CCN(C)C(=O)c1[nH]c(C(N)=O)cc1O[C@H](C)c1cccc2c1COC2. The molecule has 0 saturated carbocycles. The number of rotatable bonds is 6. The second-order valence-electron chi connectivity index (χ2n) is 6.34. The van der Waals surface area contributed by atoms with Gasteiger partial charge in [0, 0.05) is 19.7 Å². The summed E-state index contributed by atoms with van der Waals surface area (Å²) in [6.07, 6.45) is -0.318. The van der Waals surface area contributed by atoms with E-state index in [-0.39, 0.29) is 23.4 Å². The molecule has 2 aromatic rings. The third-order valence-electron chi connectivity index (χ3n) is 4.64. The Morgan fingerprint density at radius 1 is 1.38 bits per heavy atom. The van der Waals surface area contributed by atoms with Crippen molar-refractivity contribution in [3.8, 4) is 5.75 Å². The van der Waals surface area contributed by atoms with E-state index in [9.17, 15) is 9.59 Å². The van der Waals surface area contributed by atoms with Crippen molar-refractivity contribution in [1.82, 2.24) is 9.88 Å². The van der Waals surface area contributed by atoms with Crippen LogP contribution < -0.4 is 10.5 Å². The number of fused-ring (bicyclic) bond motifs is 1. The molecule has 0 fully saturated rings. The number of H-pyrrole nitrogens is 1. The summed E-state index contributed by atoms with van der Waals surface area (Å²) in [5, 5.41) is 0. The van der Waals surface area contributed by atoms with Crippen LogP contribution in [0.2, 0.25) is 0 Å². The molecular formula is C19H23N3O4. The number of primary amides is 1. The van der Waals surface area contributed by atoms with Gasteiger partial charge < -0.3 is 25.1 Å². The lowest BCUT2D eigenvalue weighted by Gasteiger charge is -2.19. The number of nitrogens with one attached hydrogen (secondary N) is 1. The molecule has 2 heterocycles. The monoisotopic (exact) mass is 357 g/mol. The van der Waals surface area contributed by atoms with Crippen LogP contribution in [0, 0.1) is 0 Å². The van der Waals surface area contributed by atoms with Crippen molar-refractivity contribution in [1.29, 1.82) is 0 Å². The summed E-state index contributed by atoms with van der Waals surface area (Å²) < 4.78 is 11.6. The van der Waals surface area contributed by atoms with Crippen molar-refractivity contribution in [3.63, 3.8) is 0 Å². The van der Waals surface area contributed by atoms with Crippen molar-refractivity contribution >= 4 is 11.8 Å². The normalized spacial score (nSPS) is 14.0. The zero-order valence-electron chi connectivity index (χ0n) is 15.2. The molecule has 0 bridgehead atoms. The number of hydrogen-bond acceptors (Lipinski definition) is 4. The van der Waals surface area contributed by atoms with E-state index in [0.717, 1.165) is 16.7 Å². The Kier molecular flexibility index (Phi) is 4.99. The van der Waals surface area contributed by atoms with Crippen LogP contribution in [-0.2, 0) is 18.0 Å². The molecule has 3 N–H and O–H groups in total. The van der Waals surface area contributed by atoms with Gasteiger partial charge in [0.2, 0.25) is 0 Å². The minimum absolute atomic E-state index is 0.140. The Labute approximate surface area is 152 Å². The molecule has 1 aromatic heterocycles. The smallest absolute Gasteiger partial charge is 0.273 e. The minimum atomic E-state index is -0.644. The molecule has 0 aliphatic carbocycles. The van der Waals surface area contributed by atoms with Gasteiger partial charge in [-0.1, -0.05) is 18.2 Å². The van der Waals surface area contributed by atoms with E-state index in [2.05, 4.69) is 4.98 Å². The van der Waals surface area contributed by atoms with Crippen LogP contribution in [-0.4, -0.2) is 35.3 Å². The van der Waals surface area contributed by atoms with Crippen molar-refractivity contribution in [2.24, 2.45) is 5.73 Å². The second kappa shape index (κ2) is 7.21. The second-order valence-corrected chi connectivity index (χ2v) is 6.34. The molecule has 0 radical (unpaired) electrons. The van der Waals surface area contributed by atoms with Crippen LogP contribution in [0.1, 0.15) is 57.6 Å². The van der Waals surface area contributed by atoms with E-state index in [0.29, 0.717) is 25.5 Å². The molecule has 2 amide bonds. The van der Waals surface area contributed by atoms with Crippen LogP contribution in [0.4, 0.5) is 0 Å². The van der Waals surface area contributed by atoms with E-state index in [1.54, 1.807) is 7.05 Å². The average molecular weight is 357 g/mol. The van der Waals surface area contributed by atoms with Gasteiger partial charge in [-0.05, 0) is 30.5 Å². The molecule has 1 aliphatic heterocycles. The topological polar surface area (TPSA) is 97.7 Å². The molecule has 1 atom stereocenters. The van der Waals surface area contributed by atoms with Crippen LogP contribution in [0.15, 0.2) is 24.3 Å². The largest absolute Gasteiger partial charge is 0.484 e. The maximum Gasteiger partial charge on any atom is 0.273 e. The number of hydrogen-bond donors (Lipinski definition) is 2. The van der Waals surface area contributed by atoms with Crippen LogP contribution in [0.3, 0.4) is 0 Å². The van der Waals surface area contributed by atoms with Crippen LogP contribution in [0.25, 0.3) is 0 Å². The third-order valence-corrected chi connectivity index (χ3v) is 4.64. The third kappa shape index (κ3) is 3.30. The number of ether oxygens (including phenoxy) is 2. The maximum absolute atomic E-state index is 12.6. The zero-order chi connectivity index (χ0) is 18.8. The van der Waals surface area contributed by atoms with Crippen LogP contribution in [0.5, 0.6) is 5.75 Å². The Morgan fingerprint density at radius 3 is 2.85 bits per heavy atom. The molecule has 7 nitrogen and oxygen atoms in total. The highest BCUT2D eigenvalue weighted by molar-refractivity contribution is 5.99. The van der Waals surface area contributed by atoms with Gasteiger partial charge in [0.05, 0.1) is 13.2 Å².